The van der Waals surface area contributed by atoms with Gasteiger partial charge in [0.15, 0.2) is 0 Å². The van der Waals surface area contributed by atoms with Gasteiger partial charge in [0.2, 0.25) is 0 Å². The highest BCUT2D eigenvalue weighted by Crippen LogP contribution is 2.38. The van der Waals surface area contributed by atoms with E-state index in [9.17, 15) is 14.9 Å². The second kappa shape index (κ2) is 8.64. The van der Waals surface area contributed by atoms with Gasteiger partial charge in [-0.05, 0) is 37.6 Å². The number of halogens is 2. The summed E-state index contributed by atoms with van der Waals surface area (Å²) >= 11 is 11.7. The van der Waals surface area contributed by atoms with Crippen LogP contribution in [0.4, 0.5) is 5.69 Å². The van der Waals surface area contributed by atoms with E-state index >= 15 is 0 Å². The van der Waals surface area contributed by atoms with E-state index in [-0.39, 0.29) is 10.7 Å². The molecule has 1 aliphatic rings. The Hall–Kier alpha value is -2.38. The molecule has 3 rings (SSSR count). The largest absolute Gasteiger partial charge is 0.480 e. The van der Waals surface area contributed by atoms with E-state index in [1.807, 2.05) is 0 Å². The third-order valence-corrected chi connectivity index (χ3v) is 4.15. The van der Waals surface area contributed by atoms with E-state index in [0.717, 1.165) is 12.8 Å². The number of nitrogens with one attached hydrogen (secondary N) is 1. The Morgan fingerprint density at radius 2 is 2.04 bits per heavy atom. The molecule has 1 atom stereocenters. The van der Waals surface area contributed by atoms with Crippen LogP contribution in [0, 0.1) is 10.1 Å². The number of H-pyrrole nitrogens is 1. The molecule has 2 heterocycles. The first kappa shape index (κ1) is 19.0. The van der Waals surface area contributed by atoms with E-state index in [2.05, 4.69) is 9.98 Å². The molecule has 0 saturated heterocycles. The van der Waals surface area contributed by atoms with Crippen molar-refractivity contribution in [2.45, 2.75) is 25.3 Å². The van der Waals surface area contributed by atoms with Crippen molar-refractivity contribution in [3.63, 3.8) is 0 Å². The number of benzene rings is 1. The molecule has 0 bridgehead atoms. The third kappa shape index (κ3) is 4.80. The number of carbonyl (C=O) groups is 1. The molecule has 1 unspecified atom stereocenters. The van der Waals surface area contributed by atoms with Gasteiger partial charge in [0.05, 0.1) is 15.5 Å². The number of rotatable bonds is 3. The number of nitro benzene ring substituents is 1. The van der Waals surface area contributed by atoms with E-state index in [1.54, 1.807) is 30.7 Å². The van der Waals surface area contributed by atoms with E-state index in [0.29, 0.717) is 22.6 Å². The summed E-state index contributed by atoms with van der Waals surface area (Å²) in [5, 5.41) is 19.9. The molecule has 9 heteroatoms. The smallest absolute Gasteiger partial charge is 0.328 e. The Labute approximate surface area is 153 Å². The van der Waals surface area contributed by atoms with Crippen molar-refractivity contribution in [1.82, 2.24) is 4.98 Å². The lowest BCUT2D eigenvalue weighted by molar-refractivity contribution is -0.384. The molecule has 1 aromatic heterocycles. The van der Waals surface area contributed by atoms with Gasteiger partial charge in [-0.2, -0.15) is 0 Å². The van der Waals surface area contributed by atoms with Gasteiger partial charge in [-0.3, -0.25) is 15.1 Å². The van der Waals surface area contributed by atoms with Gasteiger partial charge in [0, 0.05) is 18.0 Å². The van der Waals surface area contributed by atoms with Crippen LogP contribution in [-0.4, -0.2) is 33.2 Å². The van der Waals surface area contributed by atoms with E-state index in [1.165, 1.54) is 6.07 Å². The van der Waals surface area contributed by atoms with E-state index in [4.69, 9.17) is 28.3 Å². The molecule has 1 aromatic carbocycles. The molecule has 0 spiro atoms. The van der Waals surface area contributed by atoms with Crippen LogP contribution in [0.3, 0.4) is 0 Å². The van der Waals surface area contributed by atoms with Crippen LogP contribution >= 0.6 is 23.2 Å². The van der Waals surface area contributed by atoms with Gasteiger partial charge in [-0.25, -0.2) is 4.79 Å². The van der Waals surface area contributed by atoms with E-state index < -0.39 is 16.9 Å². The molecule has 132 valence electrons. The highest BCUT2D eigenvalue weighted by molar-refractivity contribution is 6.35. The second-order valence-corrected chi connectivity index (χ2v) is 6.04. The predicted molar refractivity (Wildman–Crippen MR) is 96.7 cm³/mol. The lowest BCUT2D eigenvalue weighted by Crippen LogP contribution is -2.20. The topological polar surface area (TPSA) is 109 Å². The highest BCUT2D eigenvalue weighted by atomic mass is 35.5. The zero-order valence-corrected chi connectivity index (χ0v) is 14.5. The minimum absolute atomic E-state index is 0.0970. The molecule has 25 heavy (non-hydrogen) atoms. The average molecular weight is 384 g/mol. The zero-order valence-electron chi connectivity index (χ0n) is 13.0. The van der Waals surface area contributed by atoms with Crippen LogP contribution in [0.15, 0.2) is 35.6 Å². The van der Waals surface area contributed by atoms with Crippen molar-refractivity contribution in [2.75, 3.05) is 0 Å². The molecule has 2 aromatic rings. The summed E-state index contributed by atoms with van der Waals surface area (Å²) in [5.41, 5.74) is 0.838. The lowest BCUT2D eigenvalue weighted by Gasteiger charge is -2.09. The number of aromatic amines is 1. The van der Waals surface area contributed by atoms with Crippen molar-refractivity contribution in [3.8, 4) is 11.1 Å². The summed E-state index contributed by atoms with van der Waals surface area (Å²) in [5.74, 6) is -0.800. The number of para-hydroxylation sites is 1. The van der Waals surface area contributed by atoms with Crippen molar-refractivity contribution >= 4 is 41.1 Å². The average Bonchev–Trinajstić information content (AvgIpc) is 3.01. The van der Waals surface area contributed by atoms with Crippen LogP contribution in [0.1, 0.15) is 19.3 Å². The van der Waals surface area contributed by atoms with Crippen molar-refractivity contribution in [1.29, 1.82) is 0 Å². The van der Waals surface area contributed by atoms with Crippen molar-refractivity contribution < 1.29 is 14.8 Å². The maximum absolute atomic E-state index is 10.9. The van der Waals surface area contributed by atoms with Crippen LogP contribution in [-0.2, 0) is 4.79 Å². The first-order valence-corrected chi connectivity index (χ1v) is 8.17. The van der Waals surface area contributed by atoms with Gasteiger partial charge in [0.1, 0.15) is 11.1 Å². The lowest BCUT2D eigenvalue weighted by atomic mass is 10.1. The maximum Gasteiger partial charge on any atom is 0.328 e. The summed E-state index contributed by atoms with van der Waals surface area (Å²) in [4.78, 5) is 27.2. The number of aliphatic carboxylic acids is 1. The standard InChI is InChI=1S/C10H6Cl2N2O2.C6H9NO2/c11-8-3-1-2-6(10(8)14(15)16)7-4-13-5-9(7)12;8-6(9)5-3-1-2-4-7-5/h1-5,13H;4-5H,1-3H2,(H,8,9). The molecule has 7 nitrogen and oxygen atoms in total. The quantitative estimate of drug-likeness (QED) is 0.596. The summed E-state index contributed by atoms with van der Waals surface area (Å²) in [7, 11) is 0. The molecule has 2 N–H and O–H groups in total. The fourth-order valence-corrected chi connectivity index (χ4v) is 2.80. The van der Waals surface area contributed by atoms with Gasteiger partial charge in [-0.1, -0.05) is 29.3 Å². The number of nitrogens with zero attached hydrogens (tertiary/aromatic N) is 2. The minimum atomic E-state index is -0.800. The SMILES string of the molecule is O=C(O)C1CCCC=N1.O=[N+]([O-])c1c(Cl)cccc1-c1c[nH]cc1Cl. The number of aromatic nitrogens is 1. The Kier molecular flexibility index (Phi) is 6.55. The summed E-state index contributed by atoms with van der Waals surface area (Å²) < 4.78 is 0. The second-order valence-electron chi connectivity index (χ2n) is 5.23. The monoisotopic (exact) mass is 383 g/mol. The Balaban J connectivity index is 0.000000212. The van der Waals surface area contributed by atoms with Gasteiger partial charge >= 0.3 is 5.97 Å². The first-order chi connectivity index (χ1) is 11.9. The Morgan fingerprint density at radius 1 is 1.28 bits per heavy atom. The summed E-state index contributed by atoms with van der Waals surface area (Å²) in [6, 6.07) is 4.27. The normalized spacial score (nSPS) is 16.0. The summed E-state index contributed by atoms with van der Waals surface area (Å²) in [6.45, 7) is 0. The van der Waals surface area contributed by atoms with Gasteiger partial charge in [0.25, 0.3) is 5.69 Å². The van der Waals surface area contributed by atoms with Crippen molar-refractivity contribution in [3.05, 3.63) is 50.8 Å². The number of nitro groups is 1. The third-order valence-electron chi connectivity index (χ3n) is 3.54. The van der Waals surface area contributed by atoms with Crippen molar-refractivity contribution in [2.24, 2.45) is 4.99 Å². The first-order valence-electron chi connectivity index (χ1n) is 7.41. The predicted octanol–water partition coefficient (Wildman–Crippen LogP) is 4.59. The highest BCUT2D eigenvalue weighted by Gasteiger charge is 2.21. The molecular formula is C16H15Cl2N3O4. The Morgan fingerprint density at radius 3 is 2.52 bits per heavy atom. The van der Waals surface area contributed by atoms with Gasteiger partial charge in [-0.15, -0.1) is 0 Å². The Bertz CT molecular complexity index is 804. The minimum Gasteiger partial charge on any atom is -0.480 e. The van der Waals surface area contributed by atoms with Crippen LogP contribution < -0.4 is 0 Å². The fourth-order valence-electron chi connectivity index (χ4n) is 2.34. The maximum atomic E-state index is 10.9. The number of carboxylic acids is 1. The van der Waals surface area contributed by atoms with Crippen LogP contribution in [0.25, 0.3) is 11.1 Å². The number of aliphatic imine (C=N–C) groups is 1. The molecule has 1 aliphatic heterocycles. The molecule has 0 fully saturated rings. The summed E-state index contributed by atoms with van der Waals surface area (Å²) in [6.07, 6.45) is 7.45. The molecular weight excluding hydrogens is 369 g/mol. The zero-order chi connectivity index (χ0) is 18.4. The molecule has 0 aliphatic carbocycles. The molecule has 0 radical (unpaired) electrons. The van der Waals surface area contributed by atoms with Gasteiger partial charge < -0.3 is 10.1 Å². The number of carboxylic acid groups (broad SMARTS) is 1. The van der Waals surface area contributed by atoms with Crippen LogP contribution in [0.5, 0.6) is 0 Å². The molecule has 0 saturated carbocycles. The molecule has 0 amide bonds. The fraction of sp³-hybridized carbons (Fsp3) is 0.250. The number of hydrogen-bond donors (Lipinski definition) is 2. The van der Waals surface area contributed by atoms with Crippen LogP contribution in [0.2, 0.25) is 10.0 Å². The number of hydrogen-bond acceptors (Lipinski definition) is 4.